The second kappa shape index (κ2) is 9.37. The van der Waals surface area contributed by atoms with Gasteiger partial charge in [0.25, 0.3) is 0 Å². The van der Waals surface area contributed by atoms with Crippen molar-refractivity contribution in [3.8, 4) is 45.8 Å². The van der Waals surface area contributed by atoms with E-state index in [4.69, 9.17) is 8.83 Å². The normalized spacial score (nSPS) is 12.6. The quantitative estimate of drug-likeness (QED) is 0.210. The van der Waals surface area contributed by atoms with Crippen LogP contribution in [0.15, 0.2) is 81.6 Å². The molecule has 0 aliphatic carbocycles. The summed E-state index contributed by atoms with van der Waals surface area (Å²) in [6, 6.07) is 18.0. The van der Waals surface area contributed by atoms with E-state index in [0.717, 1.165) is 35.4 Å². The molecule has 2 heterocycles. The predicted molar refractivity (Wildman–Crippen MR) is 128 cm³/mol. The van der Waals surface area contributed by atoms with E-state index in [2.05, 4.69) is 20.4 Å². The number of nitrogens with zero attached hydrogens (tertiary/aromatic N) is 4. The van der Waals surface area contributed by atoms with Crippen LogP contribution in [0, 0.1) is 6.92 Å². The van der Waals surface area contributed by atoms with E-state index in [-0.39, 0.29) is 24.3 Å². The van der Waals surface area contributed by atoms with Gasteiger partial charge in [0, 0.05) is 22.3 Å². The molecule has 0 aliphatic heterocycles. The highest BCUT2D eigenvalue weighted by Gasteiger charge is 2.68. The van der Waals surface area contributed by atoms with Crippen LogP contribution in [-0.4, -0.2) is 32.7 Å². The molecular weight excluding hydrogens is 526 g/mol. The topological polar surface area (TPSA) is 77.8 Å². The molecule has 0 amide bonds. The maximum absolute atomic E-state index is 13.4. The summed E-state index contributed by atoms with van der Waals surface area (Å²) in [6.07, 6.45) is -11.1. The van der Waals surface area contributed by atoms with Crippen LogP contribution in [0.5, 0.6) is 0 Å². The SMILES string of the molecule is Cc1ccc(-c2nnc(-c3ccc(-c4nnc(-c5ccc(C(C)(C(F)(F)F)C(F)(F)F)cc5)o4)cc3)o2)cc1. The maximum atomic E-state index is 13.4. The minimum absolute atomic E-state index is 0.0685. The fourth-order valence-electron chi connectivity index (χ4n) is 3.80. The molecule has 200 valence electrons. The number of rotatable bonds is 5. The first kappa shape index (κ1) is 26.1. The Labute approximate surface area is 217 Å². The number of alkyl halides is 6. The Morgan fingerprint density at radius 1 is 0.487 bits per heavy atom. The standard InChI is InChI=1S/C27H18F6N4O2/c1-15-3-5-16(6-4-15)21-34-35-22(38-21)17-7-9-18(10-8-17)23-36-37-24(39-23)19-11-13-20(14-12-19)25(2,26(28,29)30)27(31,32)33/h3-14H,1-2H3. The van der Waals surface area contributed by atoms with Gasteiger partial charge in [0.05, 0.1) is 0 Å². The molecule has 6 nitrogen and oxygen atoms in total. The van der Waals surface area contributed by atoms with Crippen LogP contribution in [0.25, 0.3) is 45.8 Å². The molecule has 0 unspecified atom stereocenters. The Bertz CT molecular complexity index is 1570. The molecule has 0 aliphatic rings. The van der Waals surface area contributed by atoms with E-state index in [0.29, 0.717) is 22.9 Å². The molecule has 3 aromatic carbocycles. The van der Waals surface area contributed by atoms with Crippen LogP contribution in [-0.2, 0) is 5.41 Å². The predicted octanol–water partition coefficient (Wildman–Crippen LogP) is 7.81. The smallest absolute Gasteiger partial charge is 0.406 e. The van der Waals surface area contributed by atoms with Gasteiger partial charge in [-0.2, -0.15) is 26.3 Å². The van der Waals surface area contributed by atoms with Crippen molar-refractivity contribution in [3.05, 3.63) is 83.9 Å². The summed E-state index contributed by atoms with van der Waals surface area (Å²) >= 11 is 0. The van der Waals surface area contributed by atoms with Crippen molar-refractivity contribution < 1.29 is 35.2 Å². The molecule has 0 radical (unpaired) electrons. The van der Waals surface area contributed by atoms with Gasteiger partial charge in [0.2, 0.25) is 23.6 Å². The van der Waals surface area contributed by atoms with Gasteiger partial charge in [-0.25, -0.2) is 0 Å². The van der Waals surface area contributed by atoms with E-state index in [1.54, 1.807) is 24.3 Å². The Balaban J connectivity index is 1.35. The van der Waals surface area contributed by atoms with Crippen LogP contribution in [0.3, 0.4) is 0 Å². The fraction of sp³-hybridized carbons (Fsp3) is 0.185. The highest BCUT2D eigenvalue weighted by atomic mass is 19.4. The molecule has 2 aromatic heterocycles. The number of hydrogen-bond donors (Lipinski definition) is 0. The number of hydrogen-bond acceptors (Lipinski definition) is 6. The molecule has 12 heteroatoms. The molecule has 0 fully saturated rings. The minimum atomic E-state index is -5.54. The largest absolute Gasteiger partial charge is 0.416 e. The van der Waals surface area contributed by atoms with Gasteiger partial charge in [-0.15, -0.1) is 20.4 Å². The summed E-state index contributed by atoms with van der Waals surface area (Å²) < 4.78 is 91.5. The lowest BCUT2D eigenvalue weighted by Crippen LogP contribution is -2.51. The van der Waals surface area contributed by atoms with Crippen molar-refractivity contribution in [2.24, 2.45) is 0 Å². The van der Waals surface area contributed by atoms with Crippen molar-refractivity contribution in [1.82, 2.24) is 20.4 Å². The fourth-order valence-corrected chi connectivity index (χ4v) is 3.80. The van der Waals surface area contributed by atoms with Crippen LogP contribution >= 0.6 is 0 Å². The molecule has 39 heavy (non-hydrogen) atoms. The lowest BCUT2D eigenvalue weighted by molar-refractivity contribution is -0.297. The molecular formula is C27H18F6N4O2. The van der Waals surface area contributed by atoms with Crippen LogP contribution in [0.4, 0.5) is 26.3 Å². The first-order valence-electron chi connectivity index (χ1n) is 11.5. The molecule has 0 saturated carbocycles. The van der Waals surface area contributed by atoms with E-state index < -0.39 is 23.3 Å². The van der Waals surface area contributed by atoms with Gasteiger partial charge >= 0.3 is 12.4 Å². The van der Waals surface area contributed by atoms with Gasteiger partial charge in [0.1, 0.15) is 0 Å². The van der Waals surface area contributed by atoms with Gasteiger partial charge in [-0.3, -0.25) is 0 Å². The lowest BCUT2D eigenvalue weighted by atomic mass is 9.80. The van der Waals surface area contributed by atoms with Crippen molar-refractivity contribution in [2.75, 3.05) is 0 Å². The number of aromatic nitrogens is 4. The van der Waals surface area contributed by atoms with Crippen molar-refractivity contribution in [2.45, 2.75) is 31.6 Å². The second-order valence-corrected chi connectivity index (χ2v) is 8.97. The Morgan fingerprint density at radius 3 is 1.08 bits per heavy atom. The third kappa shape index (κ3) is 4.77. The van der Waals surface area contributed by atoms with E-state index in [1.807, 2.05) is 31.2 Å². The zero-order chi connectivity index (χ0) is 28.0. The van der Waals surface area contributed by atoms with E-state index >= 15 is 0 Å². The first-order chi connectivity index (χ1) is 18.4. The van der Waals surface area contributed by atoms with Gasteiger partial charge in [0.15, 0.2) is 5.41 Å². The highest BCUT2D eigenvalue weighted by molar-refractivity contribution is 5.64. The molecule has 0 atom stereocenters. The highest BCUT2D eigenvalue weighted by Crippen LogP contribution is 2.51. The number of halogens is 6. The monoisotopic (exact) mass is 544 g/mol. The van der Waals surface area contributed by atoms with Crippen molar-refractivity contribution >= 4 is 0 Å². The van der Waals surface area contributed by atoms with E-state index in [9.17, 15) is 26.3 Å². The zero-order valence-electron chi connectivity index (χ0n) is 20.3. The maximum Gasteiger partial charge on any atom is 0.406 e. The van der Waals surface area contributed by atoms with Gasteiger partial charge in [-0.1, -0.05) is 29.8 Å². The van der Waals surface area contributed by atoms with Gasteiger partial charge in [-0.05, 0) is 67.9 Å². The van der Waals surface area contributed by atoms with E-state index in [1.165, 1.54) is 0 Å². The Hall–Kier alpha value is -4.48. The van der Waals surface area contributed by atoms with Gasteiger partial charge < -0.3 is 8.83 Å². The molecule has 0 N–H and O–H groups in total. The first-order valence-corrected chi connectivity index (χ1v) is 11.5. The summed E-state index contributed by atoms with van der Waals surface area (Å²) in [5.74, 6) is 0.698. The third-order valence-corrected chi connectivity index (χ3v) is 6.37. The van der Waals surface area contributed by atoms with Crippen LogP contribution in [0.2, 0.25) is 0 Å². The third-order valence-electron chi connectivity index (χ3n) is 6.37. The molecule has 5 rings (SSSR count). The van der Waals surface area contributed by atoms with Crippen LogP contribution in [0.1, 0.15) is 18.1 Å². The van der Waals surface area contributed by atoms with Crippen molar-refractivity contribution in [1.29, 1.82) is 0 Å². The molecule has 5 aromatic rings. The number of aryl methyl sites for hydroxylation is 1. The average Bonchev–Trinajstić information content (AvgIpc) is 3.58. The number of benzene rings is 3. The lowest BCUT2D eigenvalue weighted by Gasteiger charge is -2.34. The summed E-state index contributed by atoms with van der Waals surface area (Å²) in [7, 11) is 0. The summed E-state index contributed by atoms with van der Waals surface area (Å²) in [6.45, 7) is 2.08. The second-order valence-electron chi connectivity index (χ2n) is 8.97. The Morgan fingerprint density at radius 2 is 0.769 bits per heavy atom. The Kier molecular flexibility index (Phi) is 6.28. The average molecular weight is 544 g/mol. The summed E-state index contributed by atoms with van der Waals surface area (Å²) in [4.78, 5) is 0. The molecule has 0 bridgehead atoms. The minimum Gasteiger partial charge on any atom is -0.416 e. The summed E-state index contributed by atoms with van der Waals surface area (Å²) in [5, 5.41) is 16.0. The van der Waals surface area contributed by atoms with Crippen LogP contribution < -0.4 is 0 Å². The summed E-state index contributed by atoms with van der Waals surface area (Å²) in [5.41, 5.74) is -1.78. The zero-order valence-corrected chi connectivity index (χ0v) is 20.3. The molecule has 0 saturated heterocycles. The molecule has 0 spiro atoms. The van der Waals surface area contributed by atoms with Crippen molar-refractivity contribution in [3.63, 3.8) is 0 Å².